The van der Waals surface area contributed by atoms with E-state index in [2.05, 4.69) is 28.2 Å². The van der Waals surface area contributed by atoms with Crippen molar-refractivity contribution >= 4 is 44.8 Å². The third kappa shape index (κ3) is 3.60. The van der Waals surface area contributed by atoms with Gasteiger partial charge in [0.2, 0.25) is 0 Å². The largest absolute Gasteiger partial charge is 0.493 e. The summed E-state index contributed by atoms with van der Waals surface area (Å²) in [6, 6.07) is 11.5. The Morgan fingerprint density at radius 1 is 1.10 bits per heavy atom. The highest BCUT2D eigenvalue weighted by atomic mass is 79.9. The highest BCUT2D eigenvalue weighted by Gasteiger charge is 2.13. The standard InChI is InChI=1S/C15H14BrCl2NO/c1-9(10-3-5-11(17)6-4-10)19-14-8-12(18)7-13(16)15(14)20-2/h3-9,19H,1-2H3. The second-order valence-corrected chi connectivity index (χ2v) is 6.11. The molecular formula is C15H14BrCl2NO. The Morgan fingerprint density at radius 2 is 1.75 bits per heavy atom. The van der Waals surface area contributed by atoms with E-state index in [1.54, 1.807) is 13.2 Å². The quantitative estimate of drug-likeness (QED) is 0.715. The van der Waals surface area contributed by atoms with Gasteiger partial charge in [0.15, 0.2) is 5.75 Å². The van der Waals surface area contributed by atoms with Crippen molar-refractivity contribution in [1.29, 1.82) is 0 Å². The van der Waals surface area contributed by atoms with Gasteiger partial charge in [0.25, 0.3) is 0 Å². The Labute approximate surface area is 137 Å². The molecule has 2 aromatic rings. The second kappa shape index (κ2) is 6.70. The first-order chi connectivity index (χ1) is 9.51. The van der Waals surface area contributed by atoms with E-state index in [4.69, 9.17) is 27.9 Å². The number of hydrogen-bond donors (Lipinski definition) is 1. The molecule has 2 nitrogen and oxygen atoms in total. The minimum absolute atomic E-state index is 0.103. The second-order valence-electron chi connectivity index (χ2n) is 4.39. The first-order valence-electron chi connectivity index (χ1n) is 6.06. The third-order valence-electron chi connectivity index (χ3n) is 2.95. The van der Waals surface area contributed by atoms with Crippen LogP contribution in [-0.2, 0) is 0 Å². The first-order valence-corrected chi connectivity index (χ1v) is 7.61. The molecule has 0 fully saturated rings. The monoisotopic (exact) mass is 373 g/mol. The average molecular weight is 375 g/mol. The van der Waals surface area contributed by atoms with Crippen molar-refractivity contribution in [2.45, 2.75) is 13.0 Å². The van der Waals surface area contributed by atoms with E-state index in [9.17, 15) is 0 Å². The molecule has 0 heterocycles. The molecule has 106 valence electrons. The van der Waals surface area contributed by atoms with Gasteiger partial charge >= 0.3 is 0 Å². The van der Waals surface area contributed by atoms with E-state index in [0.29, 0.717) is 5.02 Å². The maximum atomic E-state index is 6.09. The van der Waals surface area contributed by atoms with Gasteiger partial charge in [0.05, 0.1) is 17.3 Å². The van der Waals surface area contributed by atoms with E-state index < -0.39 is 0 Å². The van der Waals surface area contributed by atoms with Crippen molar-refractivity contribution in [2.75, 3.05) is 12.4 Å². The molecule has 2 aromatic carbocycles. The Bertz CT molecular complexity index is 602. The van der Waals surface area contributed by atoms with Crippen LogP contribution in [0.1, 0.15) is 18.5 Å². The Kier molecular flexibility index (Phi) is 5.19. The molecule has 0 saturated carbocycles. The lowest BCUT2D eigenvalue weighted by molar-refractivity contribution is 0.413. The zero-order chi connectivity index (χ0) is 14.7. The molecular weight excluding hydrogens is 361 g/mol. The average Bonchev–Trinajstić information content (AvgIpc) is 2.39. The predicted molar refractivity (Wildman–Crippen MR) is 89.2 cm³/mol. The molecule has 5 heteroatoms. The van der Waals surface area contributed by atoms with Gasteiger partial charge in [-0.1, -0.05) is 35.3 Å². The topological polar surface area (TPSA) is 21.3 Å². The third-order valence-corrected chi connectivity index (χ3v) is 4.01. The normalized spacial score (nSPS) is 12.1. The van der Waals surface area contributed by atoms with Crippen LogP contribution in [0.5, 0.6) is 5.75 Å². The van der Waals surface area contributed by atoms with Crippen molar-refractivity contribution in [3.63, 3.8) is 0 Å². The highest BCUT2D eigenvalue weighted by molar-refractivity contribution is 9.10. The van der Waals surface area contributed by atoms with Crippen LogP contribution in [0.15, 0.2) is 40.9 Å². The van der Waals surface area contributed by atoms with Crippen molar-refractivity contribution in [3.05, 3.63) is 56.5 Å². The van der Waals surface area contributed by atoms with Gasteiger partial charge in [0, 0.05) is 16.1 Å². The van der Waals surface area contributed by atoms with E-state index in [0.717, 1.165) is 26.5 Å². The van der Waals surface area contributed by atoms with E-state index in [1.807, 2.05) is 30.3 Å². The number of ether oxygens (including phenoxy) is 1. The van der Waals surface area contributed by atoms with Gasteiger partial charge in [-0.15, -0.1) is 0 Å². The molecule has 20 heavy (non-hydrogen) atoms. The lowest BCUT2D eigenvalue weighted by Crippen LogP contribution is -2.07. The zero-order valence-corrected chi connectivity index (χ0v) is 14.2. The lowest BCUT2D eigenvalue weighted by Gasteiger charge is -2.19. The van der Waals surface area contributed by atoms with Crippen LogP contribution < -0.4 is 10.1 Å². The Hall–Kier alpha value is -0.900. The predicted octanol–water partition coefficient (Wildman–Crippen LogP) is 5.94. The minimum Gasteiger partial charge on any atom is -0.493 e. The van der Waals surface area contributed by atoms with Crippen molar-refractivity contribution in [2.24, 2.45) is 0 Å². The molecule has 0 radical (unpaired) electrons. The van der Waals surface area contributed by atoms with E-state index in [-0.39, 0.29) is 6.04 Å². The molecule has 0 aromatic heterocycles. The molecule has 1 atom stereocenters. The number of hydrogen-bond acceptors (Lipinski definition) is 2. The summed E-state index contributed by atoms with van der Waals surface area (Å²) >= 11 is 15.4. The SMILES string of the molecule is COc1c(Br)cc(Cl)cc1NC(C)c1ccc(Cl)cc1. The van der Waals surface area contributed by atoms with Gasteiger partial charge < -0.3 is 10.1 Å². The van der Waals surface area contributed by atoms with Crippen LogP contribution in [0, 0.1) is 0 Å². The summed E-state index contributed by atoms with van der Waals surface area (Å²) in [6.45, 7) is 2.07. The summed E-state index contributed by atoms with van der Waals surface area (Å²) in [4.78, 5) is 0. The van der Waals surface area contributed by atoms with Crippen molar-refractivity contribution in [3.8, 4) is 5.75 Å². The summed E-state index contributed by atoms with van der Waals surface area (Å²) in [7, 11) is 1.63. The van der Waals surface area contributed by atoms with Gasteiger partial charge in [-0.05, 0) is 52.7 Å². The zero-order valence-electron chi connectivity index (χ0n) is 11.1. The van der Waals surface area contributed by atoms with Gasteiger partial charge in [0.1, 0.15) is 0 Å². The van der Waals surface area contributed by atoms with E-state index in [1.165, 1.54) is 0 Å². The number of benzene rings is 2. The maximum Gasteiger partial charge on any atom is 0.156 e. The summed E-state index contributed by atoms with van der Waals surface area (Å²) in [5, 5.41) is 4.76. The highest BCUT2D eigenvalue weighted by Crippen LogP contribution is 2.38. The van der Waals surface area contributed by atoms with Crippen LogP contribution in [0.2, 0.25) is 10.0 Å². The molecule has 0 aliphatic rings. The molecule has 1 unspecified atom stereocenters. The summed E-state index contributed by atoms with van der Waals surface area (Å²) in [5.41, 5.74) is 1.97. The summed E-state index contributed by atoms with van der Waals surface area (Å²) in [6.07, 6.45) is 0. The fraction of sp³-hybridized carbons (Fsp3) is 0.200. The van der Waals surface area contributed by atoms with Gasteiger partial charge in [-0.3, -0.25) is 0 Å². The molecule has 0 bridgehead atoms. The Balaban J connectivity index is 2.27. The molecule has 0 amide bonds. The summed E-state index contributed by atoms with van der Waals surface area (Å²) in [5.74, 6) is 0.732. The van der Waals surface area contributed by atoms with Crippen molar-refractivity contribution < 1.29 is 4.74 Å². The molecule has 0 spiro atoms. The van der Waals surface area contributed by atoms with Gasteiger partial charge in [-0.2, -0.15) is 0 Å². The maximum absolute atomic E-state index is 6.09. The minimum atomic E-state index is 0.103. The van der Waals surface area contributed by atoms with Crippen molar-refractivity contribution in [1.82, 2.24) is 0 Å². The number of rotatable bonds is 4. The number of halogens is 3. The molecule has 0 saturated heterocycles. The van der Waals surface area contributed by atoms with E-state index >= 15 is 0 Å². The molecule has 2 rings (SSSR count). The number of nitrogens with one attached hydrogen (secondary N) is 1. The number of anilines is 1. The van der Waals surface area contributed by atoms with Crippen LogP contribution in [0.3, 0.4) is 0 Å². The fourth-order valence-electron chi connectivity index (χ4n) is 1.94. The van der Waals surface area contributed by atoms with Crippen LogP contribution >= 0.6 is 39.1 Å². The molecule has 0 aliphatic carbocycles. The Morgan fingerprint density at radius 3 is 2.35 bits per heavy atom. The van der Waals surface area contributed by atoms with Crippen LogP contribution in [0.25, 0.3) is 0 Å². The summed E-state index contributed by atoms with van der Waals surface area (Å²) < 4.78 is 6.22. The fourth-order valence-corrected chi connectivity index (χ4v) is 3.04. The first kappa shape index (κ1) is 15.5. The molecule has 1 N–H and O–H groups in total. The van der Waals surface area contributed by atoms with Crippen LogP contribution in [-0.4, -0.2) is 7.11 Å². The molecule has 0 aliphatic heterocycles. The van der Waals surface area contributed by atoms with Gasteiger partial charge in [-0.25, -0.2) is 0 Å². The van der Waals surface area contributed by atoms with Crippen LogP contribution in [0.4, 0.5) is 5.69 Å². The lowest BCUT2D eigenvalue weighted by atomic mass is 10.1. The number of methoxy groups -OCH3 is 1. The smallest absolute Gasteiger partial charge is 0.156 e.